The number of halogens is 6. The molecule has 0 spiro atoms. The number of nitrogens with zero attached hydrogens (tertiary/aromatic N) is 3. The van der Waals surface area contributed by atoms with Gasteiger partial charge in [0.2, 0.25) is 0 Å². The van der Waals surface area contributed by atoms with Crippen LogP contribution in [0.1, 0.15) is 23.1 Å². The predicted molar refractivity (Wildman–Crippen MR) is 108 cm³/mol. The molecule has 1 aliphatic rings. The van der Waals surface area contributed by atoms with Gasteiger partial charge in [-0.05, 0) is 25.1 Å². The lowest BCUT2D eigenvalue weighted by Gasteiger charge is -2.20. The van der Waals surface area contributed by atoms with Crippen LogP contribution in [0, 0.1) is 17.5 Å². The van der Waals surface area contributed by atoms with Crippen molar-refractivity contribution in [1.29, 1.82) is 0 Å². The maximum atomic E-state index is 15.0. The highest BCUT2D eigenvalue weighted by Crippen LogP contribution is 2.31. The fourth-order valence-electron chi connectivity index (χ4n) is 3.28. The Balaban J connectivity index is 1.81. The summed E-state index contributed by atoms with van der Waals surface area (Å²) in [5, 5.41) is 5.80. The highest BCUT2D eigenvalue weighted by molar-refractivity contribution is 6.06. The maximum Gasteiger partial charge on any atom is 0.425 e. The van der Waals surface area contributed by atoms with Crippen LogP contribution >= 0.6 is 0 Å². The fourth-order valence-corrected chi connectivity index (χ4v) is 3.28. The Labute approximate surface area is 192 Å². The number of para-hydroxylation sites is 1. The van der Waals surface area contributed by atoms with Crippen LogP contribution in [0.15, 0.2) is 35.1 Å². The number of ether oxygens (including phenoxy) is 2. The number of hydrogen-bond acceptors (Lipinski definition) is 5. The van der Waals surface area contributed by atoms with Crippen molar-refractivity contribution >= 4 is 11.6 Å². The number of alkyl halides is 3. The monoisotopic (exact) mass is 502 g/mol. The molecule has 4 rings (SSSR count). The first-order chi connectivity index (χ1) is 16.5. The summed E-state index contributed by atoms with van der Waals surface area (Å²) in [6, 6.07) is 3.88. The quantitative estimate of drug-likeness (QED) is 0.540. The fraction of sp³-hybridized carbons (Fsp3) is 0.286. The van der Waals surface area contributed by atoms with E-state index in [4.69, 9.17) is 9.47 Å². The van der Waals surface area contributed by atoms with Crippen LogP contribution in [0.2, 0.25) is 0 Å². The van der Waals surface area contributed by atoms with E-state index < -0.39 is 64.0 Å². The lowest BCUT2D eigenvalue weighted by molar-refractivity contribution is -0.189. The molecule has 2 aromatic carbocycles. The predicted octanol–water partition coefficient (Wildman–Crippen LogP) is 3.56. The van der Waals surface area contributed by atoms with Crippen molar-refractivity contribution < 1.29 is 40.6 Å². The van der Waals surface area contributed by atoms with Crippen LogP contribution < -0.4 is 15.7 Å². The number of anilines is 1. The number of rotatable bonds is 5. The number of amides is 1. The zero-order chi connectivity index (χ0) is 25.5. The minimum Gasteiger partial charge on any atom is -0.480 e. The van der Waals surface area contributed by atoms with Gasteiger partial charge in [0.15, 0.2) is 11.9 Å². The van der Waals surface area contributed by atoms with Gasteiger partial charge in [-0.25, -0.2) is 18.0 Å². The molecule has 2 heterocycles. The lowest BCUT2D eigenvalue weighted by Crippen LogP contribution is -2.32. The second kappa shape index (κ2) is 9.09. The molecule has 0 fully saturated rings. The van der Waals surface area contributed by atoms with E-state index in [9.17, 15) is 31.5 Å². The Hall–Kier alpha value is -3.81. The van der Waals surface area contributed by atoms with Crippen molar-refractivity contribution in [3.05, 3.63) is 69.7 Å². The normalized spacial score (nSPS) is 14.4. The molecular formula is C21H16F6N4O4. The van der Waals surface area contributed by atoms with Gasteiger partial charge in [0.25, 0.3) is 5.91 Å². The van der Waals surface area contributed by atoms with Crippen molar-refractivity contribution in [2.75, 3.05) is 11.9 Å². The third kappa shape index (κ3) is 4.73. The molecule has 8 nitrogen and oxygen atoms in total. The van der Waals surface area contributed by atoms with Crippen molar-refractivity contribution in [2.24, 2.45) is 0 Å². The SMILES string of the molecule is C[C@H](Oc1cc(-n2nc3n(c2=O)CCOC3)c(F)cc1C(=O)Nc1c(F)cccc1F)C(F)(F)F. The van der Waals surface area contributed by atoms with Gasteiger partial charge < -0.3 is 14.8 Å². The molecule has 1 atom stereocenters. The number of fused-ring (bicyclic) bond motifs is 1. The third-order valence-electron chi connectivity index (χ3n) is 5.12. The Bertz CT molecular complexity index is 1330. The highest BCUT2D eigenvalue weighted by atomic mass is 19.4. The number of carbonyl (C=O) groups is 1. The average molecular weight is 502 g/mol. The number of carbonyl (C=O) groups excluding carboxylic acids is 1. The summed E-state index contributed by atoms with van der Waals surface area (Å²) in [6.45, 7) is 0.913. The van der Waals surface area contributed by atoms with Crippen molar-refractivity contribution in [3.8, 4) is 11.4 Å². The van der Waals surface area contributed by atoms with E-state index in [0.29, 0.717) is 23.7 Å². The molecule has 0 saturated carbocycles. The number of aromatic nitrogens is 3. The Morgan fingerprint density at radius 1 is 1.17 bits per heavy atom. The topological polar surface area (TPSA) is 87.4 Å². The number of hydrogen-bond donors (Lipinski definition) is 1. The average Bonchev–Trinajstić information content (AvgIpc) is 3.13. The van der Waals surface area contributed by atoms with Gasteiger partial charge >= 0.3 is 11.9 Å². The van der Waals surface area contributed by atoms with Crippen molar-refractivity contribution in [1.82, 2.24) is 14.3 Å². The van der Waals surface area contributed by atoms with E-state index in [0.717, 1.165) is 18.2 Å². The molecule has 1 aromatic heterocycles. The minimum atomic E-state index is -4.87. The molecule has 1 aliphatic heterocycles. The Kier molecular flexibility index (Phi) is 6.32. The molecule has 1 N–H and O–H groups in total. The summed E-state index contributed by atoms with van der Waals surface area (Å²) < 4.78 is 94.3. The van der Waals surface area contributed by atoms with Gasteiger partial charge in [0.1, 0.15) is 41.2 Å². The molecule has 0 aliphatic carbocycles. The Morgan fingerprint density at radius 3 is 2.49 bits per heavy atom. The van der Waals surface area contributed by atoms with Gasteiger partial charge in [0.05, 0.1) is 18.7 Å². The van der Waals surface area contributed by atoms with Crippen LogP contribution in [-0.2, 0) is 17.9 Å². The van der Waals surface area contributed by atoms with E-state index in [-0.39, 0.29) is 25.6 Å². The minimum absolute atomic E-state index is 0.0486. The molecule has 0 bridgehead atoms. The molecule has 1 amide bonds. The molecule has 0 saturated heterocycles. The van der Waals surface area contributed by atoms with E-state index in [1.807, 2.05) is 5.32 Å². The summed E-state index contributed by atoms with van der Waals surface area (Å²) in [4.78, 5) is 25.4. The molecule has 3 aromatic rings. The summed E-state index contributed by atoms with van der Waals surface area (Å²) in [7, 11) is 0. The first-order valence-electron chi connectivity index (χ1n) is 10.1. The molecule has 0 unspecified atom stereocenters. The van der Waals surface area contributed by atoms with Gasteiger partial charge in [-0.3, -0.25) is 9.36 Å². The molecule has 35 heavy (non-hydrogen) atoms. The maximum absolute atomic E-state index is 15.0. The Morgan fingerprint density at radius 2 is 1.86 bits per heavy atom. The van der Waals surface area contributed by atoms with E-state index >= 15 is 4.39 Å². The first-order valence-corrected chi connectivity index (χ1v) is 10.1. The molecule has 0 radical (unpaired) electrons. The second-order valence-corrected chi connectivity index (χ2v) is 7.47. The van der Waals surface area contributed by atoms with E-state index in [1.165, 1.54) is 4.57 Å². The molecule has 186 valence electrons. The van der Waals surface area contributed by atoms with E-state index in [2.05, 4.69) is 5.10 Å². The summed E-state index contributed by atoms with van der Waals surface area (Å²) in [5.74, 6) is -5.56. The second-order valence-electron chi connectivity index (χ2n) is 7.47. The number of nitrogens with one attached hydrogen (secondary N) is 1. The third-order valence-corrected chi connectivity index (χ3v) is 5.12. The zero-order valence-electron chi connectivity index (χ0n) is 17.8. The summed E-state index contributed by atoms with van der Waals surface area (Å²) in [5.41, 5.74) is -3.09. The summed E-state index contributed by atoms with van der Waals surface area (Å²) in [6.07, 6.45) is -7.33. The van der Waals surface area contributed by atoms with Crippen LogP contribution in [0.5, 0.6) is 5.75 Å². The summed E-state index contributed by atoms with van der Waals surface area (Å²) >= 11 is 0. The van der Waals surface area contributed by atoms with Gasteiger partial charge in [0, 0.05) is 6.07 Å². The van der Waals surface area contributed by atoms with Crippen LogP contribution in [0.25, 0.3) is 5.69 Å². The van der Waals surface area contributed by atoms with Gasteiger partial charge in [-0.15, -0.1) is 5.10 Å². The van der Waals surface area contributed by atoms with Gasteiger partial charge in [-0.2, -0.15) is 17.9 Å². The lowest BCUT2D eigenvalue weighted by atomic mass is 10.1. The largest absolute Gasteiger partial charge is 0.480 e. The molecular weight excluding hydrogens is 486 g/mol. The van der Waals surface area contributed by atoms with Gasteiger partial charge in [-0.1, -0.05) is 6.07 Å². The zero-order valence-corrected chi connectivity index (χ0v) is 17.8. The highest BCUT2D eigenvalue weighted by Gasteiger charge is 2.39. The van der Waals surface area contributed by atoms with Crippen LogP contribution in [-0.4, -0.2) is 39.1 Å². The van der Waals surface area contributed by atoms with E-state index in [1.54, 1.807) is 0 Å². The van der Waals surface area contributed by atoms with Crippen LogP contribution in [0.3, 0.4) is 0 Å². The molecule has 14 heteroatoms. The van der Waals surface area contributed by atoms with Crippen molar-refractivity contribution in [3.63, 3.8) is 0 Å². The number of benzene rings is 2. The first kappa shape index (κ1) is 24.3. The van der Waals surface area contributed by atoms with Crippen molar-refractivity contribution in [2.45, 2.75) is 32.4 Å². The van der Waals surface area contributed by atoms with Crippen LogP contribution in [0.4, 0.5) is 32.0 Å². The standard InChI is InChI=1S/C21H16F6N4O4/c1-10(21(25,26)27)35-16-8-15(31-20(33)30-5-6-34-9-17(30)29-31)14(24)7-11(16)19(32)28-18-12(22)3-2-4-13(18)23/h2-4,7-8,10H,5-6,9H2,1H3,(H,28,32)/t10-/m0/s1. The smallest absolute Gasteiger partial charge is 0.425 e.